The highest BCUT2D eigenvalue weighted by Gasteiger charge is 2.77. The maximum absolute atomic E-state index is 15.2. The third-order valence-corrected chi connectivity index (χ3v) is 14.6. The van der Waals surface area contributed by atoms with Crippen LogP contribution in [0.4, 0.5) is 5.69 Å². The lowest BCUT2D eigenvalue weighted by atomic mass is 9.52. The molecule has 57 heavy (non-hydrogen) atoms. The van der Waals surface area contributed by atoms with E-state index in [-0.39, 0.29) is 17.9 Å². The van der Waals surface area contributed by atoms with E-state index in [0.29, 0.717) is 50.2 Å². The lowest BCUT2D eigenvalue weighted by Gasteiger charge is -2.59. The van der Waals surface area contributed by atoms with E-state index in [4.69, 9.17) is 18.9 Å². The van der Waals surface area contributed by atoms with Crippen LogP contribution in [0.3, 0.4) is 0 Å². The number of fused-ring (bicyclic) bond motifs is 6. The van der Waals surface area contributed by atoms with E-state index in [9.17, 15) is 14.7 Å². The first kappa shape index (κ1) is 37.9. The van der Waals surface area contributed by atoms with Crippen molar-refractivity contribution in [2.75, 3.05) is 59.5 Å². The predicted molar refractivity (Wildman–Crippen MR) is 214 cm³/mol. The number of H-pyrrole nitrogens is 1. The van der Waals surface area contributed by atoms with Crippen LogP contribution < -0.4 is 9.64 Å². The number of nitrogens with zero attached hydrogens (tertiary/aromatic N) is 3. The fourth-order valence-corrected chi connectivity index (χ4v) is 12.6. The first-order valence-electron chi connectivity index (χ1n) is 20.4. The highest BCUT2D eigenvalue weighted by molar-refractivity contribution is 5.95. The zero-order valence-corrected chi connectivity index (χ0v) is 34.0. The van der Waals surface area contributed by atoms with Gasteiger partial charge in [-0.25, -0.2) is 4.79 Å². The van der Waals surface area contributed by atoms with E-state index >= 15 is 4.79 Å². The van der Waals surface area contributed by atoms with Crippen molar-refractivity contribution in [3.63, 3.8) is 0 Å². The number of likely N-dealkylation sites (N-methyl/N-ethyl adjacent to an activating group) is 1. The highest BCUT2D eigenvalue weighted by Crippen LogP contribution is 2.65. The van der Waals surface area contributed by atoms with Crippen LogP contribution in [-0.4, -0.2) is 116 Å². The monoisotopic (exact) mass is 778 g/mol. The van der Waals surface area contributed by atoms with Gasteiger partial charge in [0.05, 0.1) is 27.4 Å². The molecule has 3 unspecified atom stereocenters. The van der Waals surface area contributed by atoms with E-state index in [2.05, 4.69) is 59.0 Å². The summed E-state index contributed by atoms with van der Waals surface area (Å²) in [4.78, 5) is 53.0. The molecule has 1 aromatic heterocycles. The number of para-hydroxylation sites is 1. The largest absolute Gasteiger partial charge is 0.496 e. The number of aromatic nitrogens is 1. The maximum atomic E-state index is 15.2. The first-order chi connectivity index (χ1) is 27.4. The van der Waals surface area contributed by atoms with Crippen molar-refractivity contribution < 1.29 is 38.4 Å². The average Bonchev–Trinajstić information content (AvgIpc) is 3.86. The second-order valence-electron chi connectivity index (χ2n) is 17.1. The molecule has 0 amide bonds. The van der Waals surface area contributed by atoms with Crippen molar-refractivity contribution in [3.05, 3.63) is 82.1 Å². The Kier molecular flexibility index (Phi) is 8.95. The van der Waals surface area contributed by atoms with Gasteiger partial charge in [-0.1, -0.05) is 55.3 Å². The smallest absolute Gasteiger partial charge is 0.344 e. The zero-order chi connectivity index (χ0) is 40.2. The second kappa shape index (κ2) is 13.5. The molecule has 12 heteroatoms. The molecule has 2 fully saturated rings. The van der Waals surface area contributed by atoms with Crippen LogP contribution in [0.5, 0.6) is 5.75 Å². The van der Waals surface area contributed by atoms with Gasteiger partial charge >= 0.3 is 17.9 Å². The number of esters is 3. The zero-order valence-electron chi connectivity index (χ0n) is 34.0. The molecule has 9 rings (SSSR count). The third kappa shape index (κ3) is 4.99. The SMILES string of the molecule is CCC1=CC2CN(C1)Cc1c([nH]c3ccccc13)[C@@](C(=O)OC)(c1cc3c(cc1OC)N(C)[C@H]1[C@@](O)(C(=O)OC)[C@H](OC(C)=O)C4C(CC)=CCN5CC[C@]31[C@H]45)C2. The number of benzene rings is 2. The standard InChI is InChI=1S/C45H54N4O8/c1-8-26-18-27-21-44(41(51)55-6,37-30(24-48(22-26)23-27)29-12-10-11-13-33(29)46-37)32-19-31-34(20-35(32)54-5)47(4)40-43(31)15-17-49-16-14-28(9-2)36(38(43)49)39(57-25(3)50)45(40,53)42(52)56-7/h10-14,18-20,27,36,38-40,46,53H,8-9,15-17,21-24H2,1-7H3/t27?,36?,38-,39+,40+,43+,44-,45+/m0/s1. The molecule has 1 saturated heterocycles. The van der Waals surface area contributed by atoms with Gasteiger partial charge in [-0.2, -0.15) is 0 Å². The van der Waals surface area contributed by atoms with E-state index in [0.717, 1.165) is 58.5 Å². The number of nitrogens with one attached hydrogen (secondary N) is 1. The molecule has 1 saturated carbocycles. The van der Waals surface area contributed by atoms with Crippen LogP contribution in [-0.2, 0) is 46.0 Å². The summed E-state index contributed by atoms with van der Waals surface area (Å²) >= 11 is 0. The van der Waals surface area contributed by atoms with Crippen LogP contribution in [0.1, 0.15) is 68.8 Å². The molecule has 3 aromatic rings. The minimum Gasteiger partial charge on any atom is -0.496 e. The van der Waals surface area contributed by atoms with Gasteiger partial charge in [0.15, 0.2) is 6.10 Å². The van der Waals surface area contributed by atoms with Crippen LogP contribution >= 0.6 is 0 Å². The number of hydrogen-bond acceptors (Lipinski definition) is 11. The van der Waals surface area contributed by atoms with Gasteiger partial charge in [0.1, 0.15) is 11.2 Å². The molecular weight excluding hydrogens is 725 g/mol. The van der Waals surface area contributed by atoms with E-state index in [1.165, 1.54) is 26.7 Å². The number of methoxy groups -OCH3 is 3. The number of carbonyl (C=O) groups excluding carboxylic acids is 3. The normalized spacial score (nSPS) is 33.8. The number of aliphatic hydroxyl groups is 1. The van der Waals surface area contributed by atoms with Crippen molar-refractivity contribution in [2.24, 2.45) is 11.8 Å². The molecule has 2 bridgehead atoms. The van der Waals surface area contributed by atoms with Crippen molar-refractivity contribution in [1.29, 1.82) is 0 Å². The Morgan fingerprint density at radius 3 is 2.47 bits per heavy atom. The maximum Gasteiger partial charge on any atom is 0.344 e. The average molecular weight is 779 g/mol. The summed E-state index contributed by atoms with van der Waals surface area (Å²) in [6.45, 7) is 9.28. The Labute approximate surface area is 333 Å². The molecule has 5 aliphatic heterocycles. The van der Waals surface area contributed by atoms with Gasteiger partial charge < -0.3 is 33.9 Å². The number of aromatic amines is 1. The van der Waals surface area contributed by atoms with Gasteiger partial charge in [-0.05, 0) is 61.4 Å². The predicted octanol–water partition coefficient (Wildman–Crippen LogP) is 4.75. The van der Waals surface area contributed by atoms with Crippen LogP contribution in [0, 0.1) is 11.8 Å². The second-order valence-corrected chi connectivity index (χ2v) is 17.1. The molecule has 9 atom stereocenters. The Morgan fingerprint density at radius 2 is 1.77 bits per heavy atom. The summed E-state index contributed by atoms with van der Waals surface area (Å²) < 4.78 is 23.8. The van der Waals surface area contributed by atoms with Crippen LogP contribution in [0.25, 0.3) is 10.9 Å². The molecule has 12 nitrogen and oxygen atoms in total. The summed E-state index contributed by atoms with van der Waals surface area (Å²) in [5.74, 6) is -1.78. The van der Waals surface area contributed by atoms with Crippen LogP contribution in [0.2, 0.25) is 0 Å². The topological polar surface area (TPSA) is 134 Å². The molecule has 1 spiro atoms. The quantitative estimate of drug-likeness (QED) is 0.196. The number of hydrogen-bond donors (Lipinski definition) is 2. The fraction of sp³-hybridized carbons (Fsp3) is 0.533. The molecule has 6 heterocycles. The molecular formula is C45H54N4O8. The van der Waals surface area contributed by atoms with Crippen molar-refractivity contribution >= 4 is 34.5 Å². The highest BCUT2D eigenvalue weighted by atomic mass is 16.6. The molecule has 302 valence electrons. The molecule has 2 N–H and O–H groups in total. The summed E-state index contributed by atoms with van der Waals surface area (Å²) in [7, 11) is 6.23. The summed E-state index contributed by atoms with van der Waals surface area (Å²) in [6, 6.07) is 11.2. The van der Waals surface area contributed by atoms with E-state index in [1.54, 1.807) is 7.11 Å². The van der Waals surface area contributed by atoms with Gasteiger partial charge in [-0.3, -0.25) is 19.4 Å². The number of rotatable bonds is 7. The number of carbonyl (C=O) groups is 3. The Bertz CT molecular complexity index is 2250. The summed E-state index contributed by atoms with van der Waals surface area (Å²) in [5.41, 5.74) is 3.13. The molecule has 1 aliphatic carbocycles. The fourth-order valence-electron chi connectivity index (χ4n) is 12.6. The Morgan fingerprint density at radius 1 is 1.00 bits per heavy atom. The van der Waals surface area contributed by atoms with Gasteiger partial charge in [0.2, 0.25) is 5.60 Å². The molecule has 0 radical (unpaired) electrons. The number of anilines is 1. The molecule has 6 aliphatic rings. The lowest BCUT2D eigenvalue weighted by Crippen LogP contribution is -2.78. The molecule has 2 aromatic carbocycles. The van der Waals surface area contributed by atoms with Crippen molar-refractivity contribution in [1.82, 2.24) is 14.8 Å². The van der Waals surface area contributed by atoms with Crippen molar-refractivity contribution in [2.45, 2.75) is 87.6 Å². The van der Waals surface area contributed by atoms with E-state index in [1.807, 2.05) is 30.1 Å². The van der Waals surface area contributed by atoms with Gasteiger partial charge in [0.25, 0.3) is 0 Å². The lowest BCUT2D eigenvalue weighted by molar-refractivity contribution is -0.212. The Hall–Kier alpha value is -4.65. The minimum absolute atomic E-state index is 0.0319. The van der Waals surface area contributed by atoms with Gasteiger partial charge in [0, 0.05) is 91.4 Å². The number of ether oxygens (including phenoxy) is 4. The van der Waals surface area contributed by atoms with Gasteiger partial charge in [-0.15, -0.1) is 0 Å². The Balaban J connectivity index is 1.36. The van der Waals surface area contributed by atoms with Crippen molar-refractivity contribution in [3.8, 4) is 5.75 Å². The summed E-state index contributed by atoms with van der Waals surface area (Å²) in [6.07, 6.45) is 5.94. The minimum atomic E-state index is -2.25. The van der Waals surface area contributed by atoms with E-state index < -0.39 is 46.4 Å². The summed E-state index contributed by atoms with van der Waals surface area (Å²) in [5, 5.41) is 14.3. The first-order valence-corrected chi connectivity index (χ1v) is 20.4. The third-order valence-electron chi connectivity index (χ3n) is 14.6. The van der Waals surface area contributed by atoms with Crippen LogP contribution in [0.15, 0.2) is 59.7 Å².